The maximum Gasteiger partial charge on any atom is 0.339 e. The van der Waals surface area contributed by atoms with Crippen LogP contribution in [0.4, 0.5) is 5.69 Å². The Morgan fingerprint density at radius 1 is 1.08 bits per heavy atom. The van der Waals surface area contributed by atoms with Crippen LogP contribution in [-0.2, 0) is 25.5 Å². The number of anilines is 1. The Kier molecular flexibility index (Phi) is 8.40. The van der Waals surface area contributed by atoms with Crippen LogP contribution in [0.1, 0.15) is 55.1 Å². The highest BCUT2D eigenvalue weighted by atomic mass is 16.6. The molecule has 8 nitrogen and oxygen atoms in total. The zero-order valence-electron chi connectivity index (χ0n) is 22.2. The molecule has 8 heteroatoms. The predicted octanol–water partition coefficient (Wildman–Crippen LogP) is 3.82. The number of ether oxygens (including phenoxy) is 3. The van der Waals surface area contributed by atoms with Crippen LogP contribution >= 0.6 is 0 Å². The Morgan fingerprint density at radius 2 is 1.75 bits per heavy atom. The number of methoxy groups -OCH3 is 1. The number of rotatable bonds is 7. The van der Waals surface area contributed by atoms with Gasteiger partial charge in [-0.1, -0.05) is 18.2 Å². The molecule has 194 valence electrons. The summed E-state index contributed by atoms with van der Waals surface area (Å²) < 4.78 is 16.7. The molecule has 2 aromatic carbocycles. The maximum atomic E-state index is 14.0. The highest BCUT2D eigenvalue weighted by molar-refractivity contribution is 6.02. The fraction of sp³-hybridized carbons (Fsp3) is 0.464. The molecule has 0 saturated heterocycles. The lowest BCUT2D eigenvalue weighted by atomic mass is 9.86. The van der Waals surface area contributed by atoms with E-state index < -0.39 is 29.6 Å². The molecule has 1 aliphatic rings. The van der Waals surface area contributed by atoms with E-state index in [1.54, 1.807) is 36.3 Å². The largest absolute Gasteiger partial charge is 0.497 e. The average Bonchev–Trinajstić information content (AvgIpc) is 2.91. The van der Waals surface area contributed by atoms with Gasteiger partial charge >= 0.3 is 11.9 Å². The summed E-state index contributed by atoms with van der Waals surface area (Å²) in [5, 5.41) is 0. The minimum atomic E-state index is -1.06. The van der Waals surface area contributed by atoms with Crippen molar-refractivity contribution >= 4 is 23.5 Å². The number of nitrogens with zero attached hydrogens (tertiary/aromatic N) is 2. The lowest BCUT2D eigenvalue weighted by Crippen LogP contribution is -2.45. The van der Waals surface area contributed by atoms with Crippen LogP contribution in [0, 0.1) is 0 Å². The summed E-state index contributed by atoms with van der Waals surface area (Å²) in [5.74, 6) is -1.17. The Morgan fingerprint density at radius 3 is 2.31 bits per heavy atom. The van der Waals surface area contributed by atoms with E-state index in [0.717, 1.165) is 5.56 Å². The van der Waals surface area contributed by atoms with Crippen molar-refractivity contribution in [3.05, 3.63) is 59.2 Å². The van der Waals surface area contributed by atoms with E-state index in [1.165, 1.54) is 6.92 Å². The first-order chi connectivity index (χ1) is 16.9. The summed E-state index contributed by atoms with van der Waals surface area (Å²) in [6.07, 6.45) is -0.754. The summed E-state index contributed by atoms with van der Waals surface area (Å²) in [6, 6.07) is 12.6. The normalized spacial score (nSPS) is 17.9. The van der Waals surface area contributed by atoms with Crippen molar-refractivity contribution in [3.63, 3.8) is 0 Å². The van der Waals surface area contributed by atoms with Crippen molar-refractivity contribution in [2.45, 2.75) is 51.7 Å². The van der Waals surface area contributed by atoms with E-state index in [2.05, 4.69) is 0 Å². The number of carbonyl (C=O) groups excluding carboxylic acids is 3. The predicted molar refractivity (Wildman–Crippen MR) is 138 cm³/mol. The third-order valence-corrected chi connectivity index (χ3v) is 5.97. The minimum Gasteiger partial charge on any atom is -0.497 e. The van der Waals surface area contributed by atoms with Gasteiger partial charge in [0.2, 0.25) is 0 Å². The van der Waals surface area contributed by atoms with Crippen molar-refractivity contribution in [3.8, 4) is 5.75 Å². The second-order valence-electron chi connectivity index (χ2n) is 10.2. The summed E-state index contributed by atoms with van der Waals surface area (Å²) in [5.41, 5.74) is 1.83. The fourth-order valence-corrected chi connectivity index (χ4v) is 4.32. The Labute approximate surface area is 213 Å². The number of amides is 1. The summed E-state index contributed by atoms with van der Waals surface area (Å²) in [6.45, 7) is 7.70. The Hall–Kier alpha value is -3.39. The molecule has 1 heterocycles. The molecule has 0 saturated carbocycles. The molecular weight excluding hydrogens is 460 g/mol. The van der Waals surface area contributed by atoms with Gasteiger partial charge in [0.25, 0.3) is 5.91 Å². The van der Waals surface area contributed by atoms with Crippen LogP contribution in [0.3, 0.4) is 0 Å². The van der Waals surface area contributed by atoms with Gasteiger partial charge < -0.3 is 24.0 Å². The quantitative estimate of drug-likeness (QED) is 0.539. The molecule has 0 spiro atoms. The minimum absolute atomic E-state index is 0.305. The van der Waals surface area contributed by atoms with E-state index in [9.17, 15) is 14.4 Å². The fourth-order valence-electron chi connectivity index (χ4n) is 4.32. The van der Waals surface area contributed by atoms with Crippen molar-refractivity contribution in [1.82, 2.24) is 4.90 Å². The molecule has 0 N–H and O–H groups in total. The van der Waals surface area contributed by atoms with Gasteiger partial charge in [-0.25, -0.2) is 4.79 Å². The van der Waals surface area contributed by atoms with Crippen LogP contribution in [0.2, 0.25) is 0 Å². The molecule has 2 atom stereocenters. The van der Waals surface area contributed by atoms with Crippen molar-refractivity contribution < 1.29 is 28.6 Å². The van der Waals surface area contributed by atoms with Crippen molar-refractivity contribution in [2.75, 3.05) is 39.2 Å². The van der Waals surface area contributed by atoms with Gasteiger partial charge in [-0.05, 0) is 76.7 Å². The molecule has 0 radical (unpaired) electrons. The van der Waals surface area contributed by atoms with Gasteiger partial charge in [-0.15, -0.1) is 0 Å². The van der Waals surface area contributed by atoms with Gasteiger partial charge in [0.15, 0.2) is 6.10 Å². The molecule has 0 aromatic heterocycles. The van der Waals surface area contributed by atoms with Crippen LogP contribution in [0.5, 0.6) is 5.75 Å². The molecule has 0 unspecified atom stereocenters. The number of benzene rings is 2. The van der Waals surface area contributed by atoms with Gasteiger partial charge in [-0.3, -0.25) is 9.59 Å². The first kappa shape index (κ1) is 27.2. The highest BCUT2D eigenvalue weighted by Gasteiger charge is 2.41. The lowest BCUT2D eigenvalue weighted by molar-refractivity contribution is -0.154. The monoisotopic (exact) mass is 496 g/mol. The van der Waals surface area contributed by atoms with Crippen LogP contribution in [0.25, 0.3) is 0 Å². The molecule has 0 aliphatic carbocycles. The number of carbonyl (C=O) groups is 3. The second kappa shape index (κ2) is 11.1. The molecule has 2 aromatic rings. The number of esters is 2. The maximum absolute atomic E-state index is 14.0. The van der Waals surface area contributed by atoms with E-state index in [1.807, 2.05) is 58.0 Å². The zero-order chi connectivity index (χ0) is 26.6. The van der Waals surface area contributed by atoms with Crippen LogP contribution in [0.15, 0.2) is 42.5 Å². The molecule has 3 rings (SSSR count). The molecular formula is C28H36N2O6. The third kappa shape index (κ3) is 6.43. The summed E-state index contributed by atoms with van der Waals surface area (Å²) in [4.78, 5) is 42.9. The topological polar surface area (TPSA) is 85.4 Å². The van der Waals surface area contributed by atoms with Crippen molar-refractivity contribution in [2.24, 2.45) is 0 Å². The molecule has 0 fully saturated rings. The molecule has 0 bridgehead atoms. The van der Waals surface area contributed by atoms with Crippen molar-refractivity contribution in [1.29, 1.82) is 0 Å². The van der Waals surface area contributed by atoms with Crippen LogP contribution < -0.4 is 9.64 Å². The van der Waals surface area contributed by atoms with E-state index in [4.69, 9.17) is 14.2 Å². The Bertz CT molecular complexity index is 1100. The summed E-state index contributed by atoms with van der Waals surface area (Å²) in [7, 11) is 5.42. The number of fused-ring (bicyclic) bond motifs is 1. The molecule has 1 amide bonds. The van der Waals surface area contributed by atoms with Crippen LogP contribution in [-0.4, -0.2) is 68.7 Å². The Balaban J connectivity index is 2.20. The van der Waals surface area contributed by atoms with E-state index >= 15 is 0 Å². The third-order valence-electron chi connectivity index (χ3n) is 5.97. The smallest absolute Gasteiger partial charge is 0.339 e. The SMILES string of the molecule is COc1ccc([C@H]2Cc3c(C(=O)OC(C)(C)C)cccc3N(CCN(C)C)C(=O)[C@H]2OC(C)=O)cc1. The molecule has 1 aliphatic heterocycles. The van der Waals surface area contributed by atoms with Gasteiger partial charge in [0, 0.05) is 31.6 Å². The van der Waals surface area contributed by atoms with Gasteiger partial charge in [0.1, 0.15) is 11.4 Å². The average molecular weight is 497 g/mol. The standard InChI is InChI=1S/C28H36N2O6/c1-18(31)35-25-22(19-11-13-20(34-7)14-12-19)17-23-21(27(33)36-28(2,3)4)9-8-10-24(23)30(26(25)32)16-15-29(5)6/h8-14,22,25H,15-17H2,1-7H3/t22-,25+/m1/s1. The lowest BCUT2D eigenvalue weighted by Gasteiger charge is -2.29. The van der Waals surface area contributed by atoms with Gasteiger partial charge in [0.05, 0.1) is 12.7 Å². The number of hydrogen-bond donors (Lipinski definition) is 0. The second-order valence-corrected chi connectivity index (χ2v) is 10.2. The van der Waals surface area contributed by atoms with E-state index in [0.29, 0.717) is 42.1 Å². The number of hydrogen-bond acceptors (Lipinski definition) is 7. The van der Waals surface area contributed by atoms with Gasteiger partial charge in [-0.2, -0.15) is 0 Å². The number of likely N-dealkylation sites (N-methyl/N-ethyl adjacent to an activating group) is 1. The highest BCUT2D eigenvalue weighted by Crippen LogP contribution is 2.39. The zero-order valence-corrected chi connectivity index (χ0v) is 22.2. The molecule has 36 heavy (non-hydrogen) atoms. The van der Waals surface area contributed by atoms with E-state index in [-0.39, 0.29) is 5.91 Å². The summed E-state index contributed by atoms with van der Waals surface area (Å²) >= 11 is 0. The first-order valence-corrected chi connectivity index (χ1v) is 12.0. The first-order valence-electron chi connectivity index (χ1n) is 12.0.